The second kappa shape index (κ2) is 16.0. The minimum Gasteiger partial charge on any atom is -0.756 e. The molecule has 0 aliphatic heterocycles. The molecule has 0 saturated heterocycles. The maximum Gasteiger partial charge on any atom is 3.00 e. The quantitative estimate of drug-likeness (QED) is 0.343. The summed E-state index contributed by atoms with van der Waals surface area (Å²) in [5, 5.41) is 0. The van der Waals surface area contributed by atoms with Crippen molar-refractivity contribution in [3.8, 4) is 0 Å². The first-order valence-corrected chi connectivity index (χ1v) is 9.18. The molecule has 0 fully saturated rings. The SMILES string of the molecule is CCCCCCCOP(=O)([O-])OCCCCCCC.[Co+3]. The van der Waals surface area contributed by atoms with Crippen LogP contribution >= 0.6 is 7.82 Å². The fourth-order valence-corrected chi connectivity index (χ4v) is 2.58. The molecule has 0 aromatic heterocycles. The number of phosphoric ester groups is 1. The zero-order chi connectivity index (χ0) is 14.4. The number of rotatable bonds is 14. The van der Waals surface area contributed by atoms with Gasteiger partial charge in [-0.25, -0.2) is 0 Å². The van der Waals surface area contributed by atoms with Crippen LogP contribution in [0.5, 0.6) is 0 Å². The summed E-state index contributed by atoms with van der Waals surface area (Å²) in [4.78, 5) is 11.4. The van der Waals surface area contributed by atoms with Gasteiger partial charge < -0.3 is 13.9 Å². The van der Waals surface area contributed by atoms with E-state index in [1.807, 2.05) is 0 Å². The van der Waals surface area contributed by atoms with E-state index in [0.29, 0.717) is 0 Å². The minimum atomic E-state index is -4.05. The molecule has 0 heterocycles. The molecule has 0 aliphatic rings. The second-order valence-electron chi connectivity index (χ2n) is 4.94. The Morgan fingerprint density at radius 2 is 1.10 bits per heavy atom. The summed E-state index contributed by atoms with van der Waals surface area (Å²) in [6.45, 7) is 4.80. The van der Waals surface area contributed by atoms with Crippen LogP contribution in [0.1, 0.15) is 78.1 Å². The van der Waals surface area contributed by atoms with Crippen molar-refractivity contribution in [1.82, 2.24) is 0 Å². The van der Waals surface area contributed by atoms with E-state index in [-0.39, 0.29) is 30.0 Å². The summed E-state index contributed by atoms with van der Waals surface area (Å²) in [5.74, 6) is 0. The van der Waals surface area contributed by atoms with E-state index >= 15 is 0 Å². The Labute approximate surface area is 134 Å². The van der Waals surface area contributed by atoms with Crippen LogP contribution in [0.4, 0.5) is 0 Å². The van der Waals surface area contributed by atoms with Crippen LogP contribution in [-0.2, 0) is 30.4 Å². The third kappa shape index (κ3) is 16.7. The third-order valence-corrected chi connectivity index (χ3v) is 3.99. The van der Waals surface area contributed by atoms with Crippen molar-refractivity contribution in [3.05, 3.63) is 0 Å². The molecule has 6 heteroatoms. The Morgan fingerprint density at radius 1 is 0.750 bits per heavy atom. The van der Waals surface area contributed by atoms with Crippen molar-refractivity contribution in [2.75, 3.05) is 13.2 Å². The van der Waals surface area contributed by atoms with Crippen molar-refractivity contribution in [3.63, 3.8) is 0 Å². The van der Waals surface area contributed by atoms with Gasteiger partial charge in [-0.3, -0.25) is 4.57 Å². The Balaban J connectivity index is 0. The molecule has 0 aliphatic carbocycles. The molecule has 0 amide bonds. The van der Waals surface area contributed by atoms with E-state index in [1.54, 1.807) is 0 Å². The fourth-order valence-electron chi connectivity index (χ4n) is 1.80. The van der Waals surface area contributed by atoms with Crippen LogP contribution in [0.2, 0.25) is 0 Å². The predicted octanol–water partition coefficient (Wildman–Crippen LogP) is 4.43. The van der Waals surface area contributed by atoms with E-state index in [0.717, 1.165) is 38.5 Å². The van der Waals surface area contributed by atoms with Gasteiger partial charge in [0.2, 0.25) is 0 Å². The van der Waals surface area contributed by atoms with Gasteiger partial charge in [0, 0.05) is 0 Å². The summed E-state index contributed by atoms with van der Waals surface area (Å²) in [6.07, 6.45) is 10.6. The van der Waals surface area contributed by atoms with E-state index in [1.165, 1.54) is 25.7 Å². The molecular formula is C14H30CoO4P+2. The molecule has 0 unspecified atom stereocenters. The molecule has 0 aromatic carbocycles. The van der Waals surface area contributed by atoms with Crippen LogP contribution in [-0.4, -0.2) is 13.2 Å². The zero-order valence-corrected chi connectivity index (χ0v) is 14.8. The first-order chi connectivity index (χ1) is 9.12. The van der Waals surface area contributed by atoms with Gasteiger partial charge in [0.15, 0.2) is 0 Å². The molecule has 0 atom stereocenters. The van der Waals surface area contributed by atoms with Gasteiger partial charge in [0.25, 0.3) is 7.82 Å². The van der Waals surface area contributed by atoms with Gasteiger partial charge in [0.05, 0.1) is 13.2 Å². The summed E-state index contributed by atoms with van der Waals surface area (Å²) in [6, 6.07) is 0. The van der Waals surface area contributed by atoms with Crippen LogP contribution in [0.3, 0.4) is 0 Å². The smallest absolute Gasteiger partial charge is 0.756 e. The number of unbranched alkanes of at least 4 members (excludes halogenated alkanes) is 8. The van der Waals surface area contributed by atoms with Crippen molar-refractivity contribution >= 4 is 7.82 Å². The summed E-state index contributed by atoms with van der Waals surface area (Å²) >= 11 is 0. The monoisotopic (exact) mass is 352 g/mol. The molecule has 4 nitrogen and oxygen atoms in total. The van der Waals surface area contributed by atoms with Crippen molar-refractivity contribution in [2.45, 2.75) is 78.1 Å². The topological polar surface area (TPSA) is 58.6 Å². The van der Waals surface area contributed by atoms with E-state index in [4.69, 9.17) is 9.05 Å². The molecule has 20 heavy (non-hydrogen) atoms. The molecule has 0 spiro atoms. The van der Waals surface area contributed by atoms with Gasteiger partial charge in [-0.1, -0.05) is 65.2 Å². The minimum absolute atomic E-state index is 0. The predicted molar refractivity (Wildman–Crippen MR) is 77.0 cm³/mol. The largest absolute Gasteiger partial charge is 3.00 e. The maximum absolute atomic E-state index is 11.4. The number of hydrogen-bond acceptors (Lipinski definition) is 4. The second-order valence-corrected chi connectivity index (χ2v) is 6.35. The molecule has 0 rings (SSSR count). The average Bonchev–Trinajstić information content (AvgIpc) is 2.38. The average molecular weight is 352 g/mol. The molecule has 0 aromatic rings. The standard InChI is InChI=1S/C14H31O4P.Co/c1-3-5-7-9-11-13-17-19(15,16)18-14-12-10-8-6-4-2;/h3-14H2,1-2H3,(H,15,16);/q;+3/p-1. The van der Waals surface area contributed by atoms with Gasteiger partial charge in [-0.2, -0.15) is 0 Å². The van der Waals surface area contributed by atoms with Gasteiger partial charge in [-0.15, -0.1) is 0 Å². The van der Waals surface area contributed by atoms with E-state index in [9.17, 15) is 9.46 Å². The summed E-state index contributed by atoms with van der Waals surface area (Å²) in [5.41, 5.74) is 0. The first kappa shape index (κ1) is 22.9. The first-order valence-electron chi connectivity index (χ1n) is 7.72. The van der Waals surface area contributed by atoms with Gasteiger partial charge in [0.1, 0.15) is 0 Å². The molecule has 0 bridgehead atoms. The van der Waals surface area contributed by atoms with E-state index < -0.39 is 7.82 Å². The summed E-state index contributed by atoms with van der Waals surface area (Å²) in [7, 11) is -4.05. The fraction of sp³-hybridized carbons (Fsp3) is 1.00. The Bertz CT molecular complexity index is 219. The van der Waals surface area contributed by atoms with Crippen LogP contribution in [0.15, 0.2) is 0 Å². The normalized spacial score (nSPS) is 11.3. The van der Waals surface area contributed by atoms with E-state index in [2.05, 4.69) is 13.8 Å². The van der Waals surface area contributed by atoms with Crippen molar-refractivity contribution in [2.24, 2.45) is 0 Å². The molecule has 0 radical (unpaired) electrons. The van der Waals surface area contributed by atoms with Crippen molar-refractivity contribution < 1.29 is 35.3 Å². The van der Waals surface area contributed by atoms with Crippen LogP contribution < -0.4 is 4.89 Å². The van der Waals surface area contributed by atoms with Crippen molar-refractivity contribution in [1.29, 1.82) is 0 Å². The maximum atomic E-state index is 11.4. The van der Waals surface area contributed by atoms with Crippen LogP contribution in [0, 0.1) is 0 Å². The molecule has 122 valence electrons. The van der Waals surface area contributed by atoms with Gasteiger partial charge >= 0.3 is 16.8 Å². The number of hydrogen-bond donors (Lipinski definition) is 0. The molecule has 0 N–H and O–H groups in total. The molecular weight excluding hydrogens is 322 g/mol. The van der Waals surface area contributed by atoms with Gasteiger partial charge in [-0.05, 0) is 12.8 Å². The summed E-state index contributed by atoms with van der Waals surface area (Å²) < 4.78 is 21.0. The zero-order valence-electron chi connectivity index (χ0n) is 12.9. The Hall–Kier alpha value is 0.616. The molecule has 0 saturated carbocycles. The Kier molecular flexibility index (Phi) is 18.3. The third-order valence-electron chi connectivity index (χ3n) is 2.99. The number of phosphoric acid groups is 1. The van der Waals surface area contributed by atoms with Crippen LogP contribution in [0.25, 0.3) is 0 Å². The Morgan fingerprint density at radius 3 is 1.45 bits per heavy atom.